The molecule has 3 fully saturated rings. The molecular formula is C23H24N4O2. The summed E-state index contributed by atoms with van der Waals surface area (Å²) in [5, 5.41) is 9.11. The fourth-order valence-electron chi connectivity index (χ4n) is 5.04. The summed E-state index contributed by atoms with van der Waals surface area (Å²) in [5.41, 5.74) is 2.19. The summed E-state index contributed by atoms with van der Waals surface area (Å²) in [6, 6.07) is 16.1. The molecule has 0 radical (unpaired) electrons. The number of aromatic nitrogens is 1. The molecular weight excluding hydrogens is 364 g/mol. The van der Waals surface area contributed by atoms with Gasteiger partial charge in [0.2, 0.25) is 5.91 Å². The highest BCUT2D eigenvalue weighted by Gasteiger charge is 2.57. The quantitative estimate of drug-likeness (QED) is 0.790. The van der Waals surface area contributed by atoms with E-state index < -0.39 is 0 Å². The Balaban J connectivity index is 1.32. The number of pyridine rings is 1. The standard InChI is InChI=1S/C23H24N4O2/c1-16-18(14-24)7-8-20(25-16)26-11-9-23(10-12-26)13-21-27(22(23)28)19(15-29-21)17-5-3-2-4-6-17/h2-8,19,21H,9-13,15H2,1H3. The summed E-state index contributed by atoms with van der Waals surface area (Å²) in [5.74, 6) is 1.14. The number of carbonyl (C=O) groups is 1. The van der Waals surface area contributed by atoms with Crippen molar-refractivity contribution in [1.82, 2.24) is 9.88 Å². The number of rotatable bonds is 2. The lowest BCUT2D eigenvalue weighted by atomic mass is 9.76. The van der Waals surface area contributed by atoms with Gasteiger partial charge in [-0.3, -0.25) is 4.79 Å². The maximum atomic E-state index is 13.5. The number of anilines is 1. The molecule has 148 valence electrons. The van der Waals surface area contributed by atoms with Crippen molar-refractivity contribution in [1.29, 1.82) is 5.26 Å². The third kappa shape index (κ3) is 2.89. The summed E-state index contributed by atoms with van der Waals surface area (Å²) in [7, 11) is 0. The second-order valence-corrected chi connectivity index (χ2v) is 8.31. The second-order valence-electron chi connectivity index (χ2n) is 8.31. The van der Waals surface area contributed by atoms with Gasteiger partial charge in [-0.2, -0.15) is 5.26 Å². The minimum Gasteiger partial charge on any atom is -0.357 e. The van der Waals surface area contributed by atoms with Crippen molar-refractivity contribution in [2.45, 2.75) is 38.5 Å². The third-order valence-corrected chi connectivity index (χ3v) is 6.77. The number of nitriles is 1. The summed E-state index contributed by atoms with van der Waals surface area (Å²) < 4.78 is 6.04. The number of ether oxygens (including phenoxy) is 1. The normalized spacial score (nSPS) is 25.3. The number of nitrogens with zero attached hydrogens (tertiary/aromatic N) is 4. The van der Waals surface area contributed by atoms with E-state index in [9.17, 15) is 4.79 Å². The topological polar surface area (TPSA) is 69.5 Å². The average molecular weight is 388 g/mol. The van der Waals surface area contributed by atoms with Crippen LogP contribution < -0.4 is 4.90 Å². The number of benzene rings is 1. The Bertz CT molecular complexity index is 976. The highest BCUT2D eigenvalue weighted by molar-refractivity contribution is 5.86. The first-order valence-corrected chi connectivity index (χ1v) is 10.2. The number of amides is 1. The minimum absolute atomic E-state index is 0.0222. The van der Waals surface area contributed by atoms with Crippen LogP contribution in [0.1, 0.15) is 42.1 Å². The van der Waals surface area contributed by atoms with Gasteiger partial charge in [0.1, 0.15) is 18.1 Å². The van der Waals surface area contributed by atoms with E-state index in [1.807, 2.05) is 42.2 Å². The summed E-state index contributed by atoms with van der Waals surface area (Å²) in [4.78, 5) is 22.3. The molecule has 1 aromatic carbocycles. The Kier molecular flexibility index (Phi) is 4.29. The van der Waals surface area contributed by atoms with E-state index in [0.717, 1.165) is 49.4 Å². The molecule has 0 N–H and O–H groups in total. The maximum Gasteiger partial charge on any atom is 0.231 e. The van der Waals surface area contributed by atoms with Crippen LogP contribution in [0, 0.1) is 23.7 Å². The highest BCUT2D eigenvalue weighted by atomic mass is 16.5. The van der Waals surface area contributed by atoms with Gasteiger partial charge in [0.05, 0.1) is 29.3 Å². The van der Waals surface area contributed by atoms with E-state index in [1.165, 1.54) is 0 Å². The van der Waals surface area contributed by atoms with Crippen molar-refractivity contribution in [3.63, 3.8) is 0 Å². The van der Waals surface area contributed by atoms with Crippen molar-refractivity contribution in [2.24, 2.45) is 5.41 Å². The molecule has 6 heteroatoms. The van der Waals surface area contributed by atoms with Gasteiger partial charge >= 0.3 is 0 Å². The molecule has 4 heterocycles. The molecule has 29 heavy (non-hydrogen) atoms. The molecule has 0 saturated carbocycles. The van der Waals surface area contributed by atoms with Gasteiger partial charge in [0.15, 0.2) is 0 Å². The van der Waals surface area contributed by atoms with Crippen LogP contribution in [0.25, 0.3) is 0 Å². The van der Waals surface area contributed by atoms with Gasteiger partial charge in [-0.05, 0) is 37.5 Å². The lowest BCUT2D eigenvalue weighted by molar-refractivity contribution is -0.139. The zero-order valence-electron chi connectivity index (χ0n) is 16.5. The first kappa shape index (κ1) is 18.1. The Morgan fingerprint density at radius 2 is 1.93 bits per heavy atom. The fourth-order valence-corrected chi connectivity index (χ4v) is 5.04. The number of hydrogen-bond acceptors (Lipinski definition) is 5. The molecule has 1 aromatic heterocycles. The fraction of sp³-hybridized carbons (Fsp3) is 0.435. The van der Waals surface area contributed by atoms with Gasteiger partial charge in [-0.1, -0.05) is 30.3 Å². The largest absolute Gasteiger partial charge is 0.357 e. The van der Waals surface area contributed by atoms with Gasteiger partial charge in [0.25, 0.3) is 0 Å². The van der Waals surface area contributed by atoms with Gasteiger partial charge in [-0.15, -0.1) is 0 Å². The van der Waals surface area contributed by atoms with Crippen LogP contribution in [-0.4, -0.2) is 41.7 Å². The molecule has 1 amide bonds. The van der Waals surface area contributed by atoms with E-state index in [0.29, 0.717) is 12.2 Å². The van der Waals surface area contributed by atoms with Crippen LogP contribution in [0.15, 0.2) is 42.5 Å². The SMILES string of the molecule is Cc1nc(N2CCC3(CC2)CC2OCC(c4ccccc4)N2C3=O)ccc1C#N. The average Bonchev–Trinajstić information content (AvgIpc) is 3.27. The van der Waals surface area contributed by atoms with Crippen LogP contribution in [0.2, 0.25) is 0 Å². The van der Waals surface area contributed by atoms with Crippen molar-refractivity contribution in [2.75, 3.05) is 24.6 Å². The highest BCUT2D eigenvalue weighted by Crippen LogP contribution is 2.50. The first-order valence-electron chi connectivity index (χ1n) is 10.2. The zero-order valence-corrected chi connectivity index (χ0v) is 16.5. The number of piperidine rings is 1. The van der Waals surface area contributed by atoms with Crippen LogP contribution in [-0.2, 0) is 9.53 Å². The number of carbonyl (C=O) groups excluding carboxylic acids is 1. The van der Waals surface area contributed by atoms with Crippen LogP contribution in [0.5, 0.6) is 0 Å². The van der Waals surface area contributed by atoms with Gasteiger partial charge in [0, 0.05) is 19.5 Å². The molecule has 2 atom stereocenters. The summed E-state index contributed by atoms with van der Waals surface area (Å²) in [6.45, 7) is 4.03. The lowest BCUT2D eigenvalue weighted by Crippen LogP contribution is -2.45. The van der Waals surface area contributed by atoms with E-state index in [-0.39, 0.29) is 23.6 Å². The van der Waals surface area contributed by atoms with Crippen LogP contribution in [0.4, 0.5) is 5.82 Å². The van der Waals surface area contributed by atoms with Gasteiger partial charge in [-0.25, -0.2) is 4.98 Å². The Morgan fingerprint density at radius 1 is 1.17 bits per heavy atom. The van der Waals surface area contributed by atoms with Crippen LogP contribution in [0.3, 0.4) is 0 Å². The van der Waals surface area contributed by atoms with E-state index >= 15 is 0 Å². The summed E-state index contributed by atoms with van der Waals surface area (Å²) in [6.07, 6.45) is 2.30. The van der Waals surface area contributed by atoms with E-state index in [4.69, 9.17) is 10.00 Å². The van der Waals surface area contributed by atoms with Crippen LogP contribution >= 0.6 is 0 Å². The van der Waals surface area contributed by atoms with Crippen molar-refractivity contribution < 1.29 is 9.53 Å². The van der Waals surface area contributed by atoms with E-state index in [2.05, 4.69) is 28.1 Å². The summed E-state index contributed by atoms with van der Waals surface area (Å²) >= 11 is 0. The third-order valence-electron chi connectivity index (χ3n) is 6.77. The molecule has 3 aliphatic rings. The molecule has 0 aliphatic carbocycles. The molecule has 3 saturated heterocycles. The monoisotopic (exact) mass is 388 g/mol. The lowest BCUT2D eigenvalue weighted by Gasteiger charge is -2.39. The molecule has 2 aromatic rings. The van der Waals surface area contributed by atoms with Crippen molar-refractivity contribution in [3.05, 3.63) is 59.3 Å². The molecule has 5 rings (SSSR count). The predicted molar refractivity (Wildman–Crippen MR) is 108 cm³/mol. The second kappa shape index (κ2) is 6.85. The number of aryl methyl sites for hydroxylation is 1. The smallest absolute Gasteiger partial charge is 0.231 e. The zero-order chi connectivity index (χ0) is 20.0. The van der Waals surface area contributed by atoms with E-state index in [1.54, 1.807) is 0 Å². The van der Waals surface area contributed by atoms with Gasteiger partial charge < -0.3 is 14.5 Å². The number of hydrogen-bond donors (Lipinski definition) is 0. The van der Waals surface area contributed by atoms with Crippen molar-refractivity contribution >= 4 is 11.7 Å². The minimum atomic E-state index is -0.323. The number of fused-ring (bicyclic) bond motifs is 1. The molecule has 6 nitrogen and oxygen atoms in total. The molecule has 0 bridgehead atoms. The Hall–Kier alpha value is -2.91. The molecule has 3 aliphatic heterocycles. The van der Waals surface area contributed by atoms with Crippen molar-refractivity contribution in [3.8, 4) is 6.07 Å². The first-order chi connectivity index (χ1) is 14.1. The molecule has 1 spiro atoms. The Labute approximate surface area is 170 Å². The Morgan fingerprint density at radius 3 is 2.62 bits per heavy atom. The maximum absolute atomic E-state index is 13.5. The predicted octanol–water partition coefficient (Wildman–Crippen LogP) is 3.18. The molecule has 2 unspecified atom stereocenters.